The summed E-state index contributed by atoms with van der Waals surface area (Å²) in [7, 11) is 0. The van der Waals surface area contributed by atoms with Gasteiger partial charge in [0.2, 0.25) is 0 Å². The van der Waals surface area contributed by atoms with E-state index >= 15 is 0 Å². The van der Waals surface area contributed by atoms with E-state index in [4.69, 9.17) is 0 Å². The highest BCUT2D eigenvalue weighted by Gasteiger charge is 2.07. The monoisotopic (exact) mass is 232 g/mol. The van der Waals surface area contributed by atoms with Crippen molar-refractivity contribution < 1.29 is 9.18 Å². The zero-order valence-electron chi connectivity index (χ0n) is 9.53. The lowest BCUT2D eigenvalue weighted by Crippen LogP contribution is -1.96. The lowest BCUT2D eigenvalue weighted by atomic mass is 10.1. The summed E-state index contributed by atoms with van der Waals surface area (Å²) in [5.74, 6) is 0.486. The van der Waals surface area contributed by atoms with Gasteiger partial charge in [-0.2, -0.15) is 0 Å². The first-order valence-corrected chi connectivity index (χ1v) is 5.44. The minimum Gasteiger partial charge on any atom is -0.345 e. The summed E-state index contributed by atoms with van der Waals surface area (Å²) in [5, 5.41) is 0. The standard InChI is InChI=1S/C13H13FN2O/c1-9-15-12(13(8-17)16-9)6-5-10-3-2-4-11(14)7-10/h2-4,7-8H,5-6H2,1H3,(H,15,16). The summed E-state index contributed by atoms with van der Waals surface area (Å²) in [6.45, 7) is 1.80. The van der Waals surface area contributed by atoms with Crippen LogP contribution in [-0.2, 0) is 12.8 Å². The lowest BCUT2D eigenvalue weighted by molar-refractivity contribution is 0.111. The molecule has 1 aromatic heterocycles. The summed E-state index contributed by atoms with van der Waals surface area (Å²) in [4.78, 5) is 17.9. The van der Waals surface area contributed by atoms with Gasteiger partial charge in [0, 0.05) is 5.69 Å². The molecule has 0 saturated heterocycles. The second-order valence-electron chi connectivity index (χ2n) is 3.93. The summed E-state index contributed by atoms with van der Waals surface area (Å²) >= 11 is 0. The Morgan fingerprint density at radius 3 is 2.94 bits per heavy atom. The number of hydrogen-bond acceptors (Lipinski definition) is 2. The highest BCUT2D eigenvalue weighted by atomic mass is 19.1. The topological polar surface area (TPSA) is 45.8 Å². The van der Waals surface area contributed by atoms with Crippen LogP contribution < -0.4 is 0 Å². The Kier molecular flexibility index (Phi) is 3.32. The van der Waals surface area contributed by atoms with Gasteiger partial charge >= 0.3 is 0 Å². The summed E-state index contributed by atoms with van der Waals surface area (Å²) in [6, 6.07) is 6.47. The number of carbonyl (C=O) groups is 1. The highest BCUT2D eigenvalue weighted by Crippen LogP contribution is 2.10. The first kappa shape index (κ1) is 11.5. The third kappa shape index (κ3) is 2.78. The molecule has 1 aromatic carbocycles. The van der Waals surface area contributed by atoms with Crippen molar-refractivity contribution in [2.45, 2.75) is 19.8 Å². The molecular weight excluding hydrogens is 219 g/mol. The predicted octanol–water partition coefficient (Wildman–Crippen LogP) is 2.45. The van der Waals surface area contributed by atoms with Crippen molar-refractivity contribution in [3.8, 4) is 0 Å². The Morgan fingerprint density at radius 2 is 2.24 bits per heavy atom. The number of aryl methyl sites for hydroxylation is 3. The van der Waals surface area contributed by atoms with Crippen LogP contribution >= 0.6 is 0 Å². The number of imidazole rings is 1. The maximum absolute atomic E-state index is 13.0. The molecule has 0 unspecified atom stereocenters. The third-order valence-electron chi connectivity index (χ3n) is 2.59. The van der Waals surface area contributed by atoms with E-state index in [0.717, 1.165) is 23.4 Å². The van der Waals surface area contributed by atoms with Crippen molar-refractivity contribution in [3.05, 3.63) is 52.9 Å². The summed E-state index contributed by atoms with van der Waals surface area (Å²) < 4.78 is 13.0. The van der Waals surface area contributed by atoms with Crippen molar-refractivity contribution in [2.24, 2.45) is 0 Å². The minimum atomic E-state index is -0.237. The first-order valence-electron chi connectivity index (χ1n) is 5.44. The van der Waals surface area contributed by atoms with Gasteiger partial charge < -0.3 is 4.98 Å². The van der Waals surface area contributed by atoms with Gasteiger partial charge in [-0.15, -0.1) is 0 Å². The van der Waals surface area contributed by atoms with Crippen molar-refractivity contribution in [1.29, 1.82) is 0 Å². The highest BCUT2D eigenvalue weighted by molar-refractivity contribution is 5.73. The normalized spacial score (nSPS) is 10.5. The quantitative estimate of drug-likeness (QED) is 0.823. The van der Waals surface area contributed by atoms with Crippen LogP contribution in [0.25, 0.3) is 0 Å². The van der Waals surface area contributed by atoms with E-state index in [-0.39, 0.29) is 5.82 Å². The molecule has 0 saturated carbocycles. The van der Waals surface area contributed by atoms with Crippen LogP contribution in [0.3, 0.4) is 0 Å². The van der Waals surface area contributed by atoms with E-state index in [1.165, 1.54) is 12.1 Å². The average Bonchev–Trinajstić information content (AvgIpc) is 2.67. The number of benzene rings is 1. The van der Waals surface area contributed by atoms with Crippen LogP contribution in [0.15, 0.2) is 24.3 Å². The Labute approximate surface area is 98.7 Å². The molecule has 0 aliphatic carbocycles. The average molecular weight is 232 g/mol. The SMILES string of the molecule is Cc1nc(C=O)c(CCc2cccc(F)c2)[nH]1. The predicted molar refractivity (Wildman–Crippen MR) is 62.5 cm³/mol. The molecule has 0 aliphatic heterocycles. The number of nitrogens with zero attached hydrogens (tertiary/aromatic N) is 1. The molecule has 0 amide bonds. The number of halogens is 1. The summed E-state index contributed by atoms with van der Waals surface area (Å²) in [5.41, 5.74) is 2.16. The van der Waals surface area contributed by atoms with Gasteiger partial charge in [0.25, 0.3) is 0 Å². The molecule has 3 nitrogen and oxygen atoms in total. The number of aromatic nitrogens is 2. The van der Waals surface area contributed by atoms with Crippen LogP contribution in [-0.4, -0.2) is 16.3 Å². The minimum absolute atomic E-state index is 0.237. The molecule has 1 N–H and O–H groups in total. The molecule has 0 bridgehead atoms. The fraction of sp³-hybridized carbons (Fsp3) is 0.231. The van der Waals surface area contributed by atoms with Crippen LogP contribution in [0.2, 0.25) is 0 Å². The maximum Gasteiger partial charge on any atom is 0.170 e. The van der Waals surface area contributed by atoms with E-state index in [9.17, 15) is 9.18 Å². The van der Waals surface area contributed by atoms with Gasteiger partial charge in [0.05, 0.1) is 0 Å². The molecule has 1 heterocycles. The molecule has 17 heavy (non-hydrogen) atoms. The third-order valence-corrected chi connectivity index (χ3v) is 2.59. The van der Waals surface area contributed by atoms with Crippen molar-refractivity contribution in [2.75, 3.05) is 0 Å². The Hall–Kier alpha value is -1.97. The zero-order valence-corrected chi connectivity index (χ0v) is 9.53. The largest absolute Gasteiger partial charge is 0.345 e. The van der Waals surface area contributed by atoms with E-state index in [2.05, 4.69) is 9.97 Å². The first-order chi connectivity index (χ1) is 8.19. The van der Waals surface area contributed by atoms with Crippen LogP contribution in [0.4, 0.5) is 4.39 Å². The summed E-state index contributed by atoms with van der Waals surface area (Å²) in [6.07, 6.45) is 2.07. The maximum atomic E-state index is 13.0. The van der Waals surface area contributed by atoms with Gasteiger partial charge in [-0.05, 0) is 37.5 Å². The number of hydrogen-bond donors (Lipinski definition) is 1. The van der Waals surface area contributed by atoms with E-state index in [1.54, 1.807) is 13.0 Å². The molecule has 4 heteroatoms. The molecule has 0 fully saturated rings. The molecule has 0 radical (unpaired) electrons. The molecule has 0 aliphatic rings. The Bertz CT molecular complexity index is 534. The molecule has 88 valence electrons. The second-order valence-corrected chi connectivity index (χ2v) is 3.93. The van der Waals surface area contributed by atoms with Gasteiger partial charge in [0.15, 0.2) is 6.29 Å². The number of rotatable bonds is 4. The molecule has 0 atom stereocenters. The number of H-pyrrole nitrogens is 1. The van der Waals surface area contributed by atoms with Crippen LogP contribution in [0, 0.1) is 12.7 Å². The van der Waals surface area contributed by atoms with Crippen LogP contribution in [0.5, 0.6) is 0 Å². The van der Waals surface area contributed by atoms with E-state index in [0.29, 0.717) is 18.5 Å². The van der Waals surface area contributed by atoms with Crippen molar-refractivity contribution >= 4 is 6.29 Å². The number of aldehydes is 1. The fourth-order valence-electron chi connectivity index (χ4n) is 1.81. The van der Waals surface area contributed by atoms with Crippen LogP contribution in [0.1, 0.15) is 27.6 Å². The fourth-order valence-corrected chi connectivity index (χ4v) is 1.81. The second kappa shape index (κ2) is 4.91. The Balaban J connectivity index is 2.09. The van der Waals surface area contributed by atoms with Gasteiger partial charge in [-0.3, -0.25) is 4.79 Å². The number of nitrogens with one attached hydrogen (secondary N) is 1. The van der Waals surface area contributed by atoms with Gasteiger partial charge in [-0.1, -0.05) is 12.1 Å². The van der Waals surface area contributed by atoms with Gasteiger partial charge in [0.1, 0.15) is 17.3 Å². The van der Waals surface area contributed by atoms with Crippen molar-refractivity contribution in [3.63, 3.8) is 0 Å². The molecular formula is C13H13FN2O. The van der Waals surface area contributed by atoms with Crippen molar-refractivity contribution in [1.82, 2.24) is 9.97 Å². The van der Waals surface area contributed by atoms with Gasteiger partial charge in [-0.25, -0.2) is 9.37 Å². The lowest BCUT2D eigenvalue weighted by Gasteiger charge is -2.00. The molecule has 0 spiro atoms. The molecule has 2 rings (SSSR count). The number of carbonyl (C=O) groups excluding carboxylic acids is 1. The Morgan fingerprint density at radius 1 is 1.41 bits per heavy atom. The zero-order chi connectivity index (χ0) is 12.3. The molecule has 2 aromatic rings. The van der Waals surface area contributed by atoms with E-state index in [1.807, 2.05) is 6.07 Å². The smallest absolute Gasteiger partial charge is 0.170 e. The van der Waals surface area contributed by atoms with E-state index < -0.39 is 0 Å². The number of aromatic amines is 1.